The van der Waals surface area contributed by atoms with Crippen molar-refractivity contribution >= 4 is 28.2 Å². The van der Waals surface area contributed by atoms with Gasteiger partial charge in [0.05, 0.1) is 22.9 Å². The second kappa shape index (κ2) is 8.26. The maximum Gasteiger partial charge on any atom is 0.431 e. The molecule has 0 aliphatic carbocycles. The van der Waals surface area contributed by atoms with Gasteiger partial charge in [0, 0.05) is 6.42 Å². The third-order valence-corrected chi connectivity index (χ3v) is 5.41. The Morgan fingerprint density at radius 1 is 1.24 bits per heavy atom. The van der Waals surface area contributed by atoms with Gasteiger partial charge < -0.3 is 0 Å². The smallest absolute Gasteiger partial charge is 0.297 e. The standard InChI is InChI=1S/C18H18F6N4S/c1-4-11-12(7-6-10(9-25)14(11)18(22,23)24)26-15(29-5-2)16(3)8-13(27-28-16)17(19,20)21/h6-7,28H,4-5,8H2,1-3H3/b26-15-. The predicted octanol–water partition coefficient (Wildman–Crippen LogP) is 5.59. The summed E-state index contributed by atoms with van der Waals surface area (Å²) >= 11 is 1.12. The molecular weight excluding hydrogens is 418 g/mol. The molecule has 0 saturated carbocycles. The van der Waals surface area contributed by atoms with Crippen LogP contribution in [0.2, 0.25) is 0 Å². The van der Waals surface area contributed by atoms with Crippen LogP contribution in [0.3, 0.4) is 0 Å². The fraction of sp³-hybridized carbons (Fsp3) is 0.500. The quantitative estimate of drug-likeness (QED) is 0.380. The molecule has 0 fully saturated rings. The Kier molecular flexibility index (Phi) is 6.57. The van der Waals surface area contributed by atoms with Crippen LogP contribution in [-0.2, 0) is 12.6 Å². The molecule has 0 aromatic heterocycles. The summed E-state index contributed by atoms with van der Waals surface area (Å²) in [6.45, 7) is 4.72. The van der Waals surface area contributed by atoms with Crippen molar-refractivity contribution in [1.82, 2.24) is 5.43 Å². The molecule has 1 aliphatic heterocycles. The summed E-state index contributed by atoms with van der Waals surface area (Å²) in [4.78, 5) is 4.31. The fourth-order valence-electron chi connectivity index (χ4n) is 2.97. The van der Waals surface area contributed by atoms with E-state index in [-0.39, 0.29) is 22.7 Å². The zero-order chi connectivity index (χ0) is 22.0. The van der Waals surface area contributed by atoms with Gasteiger partial charge in [-0.25, -0.2) is 4.99 Å². The number of nitriles is 1. The molecule has 0 radical (unpaired) electrons. The number of thioether (sulfide) groups is 1. The Morgan fingerprint density at radius 2 is 1.90 bits per heavy atom. The highest BCUT2D eigenvalue weighted by atomic mass is 32.2. The number of nitrogens with one attached hydrogen (secondary N) is 1. The Hall–Kier alpha value is -2.22. The summed E-state index contributed by atoms with van der Waals surface area (Å²) in [6, 6.07) is 3.85. The van der Waals surface area contributed by atoms with E-state index in [1.165, 1.54) is 26.0 Å². The first-order valence-corrected chi connectivity index (χ1v) is 9.62. The van der Waals surface area contributed by atoms with Crippen molar-refractivity contribution in [2.75, 3.05) is 5.75 Å². The molecule has 29 heavy (non-hydrogen) atoms. The van der Waals surface area contributed by atoms with E-state index in [0.29, 0.717) is 5.75 Å². The lowest BCUT2D eigenvalue weighted by atomic mass is 9.96. The molecule has 4 nitrogen and oxygen atoms in total. The zero-order valence-electron chi connectivity index (χ0n) is 15.8. The average molecular weight is 436 g/mol. The average Bonchev–Trinajstić information content (AvgIpc) is 3.03. The summed E-state index contributed by atoms with van der Waals surface area (Å²) in [5, 5.41) is 12.6. The van der Waals surface area contributed by atoms with E-state index in [9.17, 15) is 26.3 Å². The fourth-order valence-corrected chi connectivity index (χ4v) is 3.84. The number of hydrogen-bond donors (Lipinski definition) is 1. The normalized spacial score (nSPS) is 20.3. The van der Waals surface area contributed by atoms with Gasteiger partial charge in [-0.15, -0.1) is 11.8 Å². The monoisotopic (exact) mass is 436 g/mol. The maximum absolute atomic E-state index is 13.5. The molecule has 1 unspecified atom stereocenters. The highest BCUT2D eigenvalue weighted by molar-refractivity contribution is 8.14. The zero-order valence-corrected chi connectivity index (χ0v) is 16.6. The van der Waals surface area contributed by atoms with Gasteiger partial charge in [0.2, 0.25) is 0 Å². The number of nitrogens with zero attached hydrogens (tertiary/aromatic N) is 3. The van der Waals surface area contributed by atoms with Crippen molar-refractivity contribution in [2.45, 2.75) is 51.5 Å². The number of rotatable bonds is 4. The van der Waals surface area contributed by atoms with E-state index in [1.807, 2.05) is 0 Å². The van der Waals surface area contributed by atoms with Crippen molar-refractivity contribution in [3.63, 3.8) is 0 Å². The van der Waals surface area contributed by atoms with Crippen LogP contribution in [0.1, 0.15) is 43.9 Å². The van der Waals surface area contributed by atoms with Crippen LogP contribution in [0.5, 0.6) is 0 Å². The van der Waals surface area contributed by atoms with Gasteiger partial charge in [-0.2, -0.15) is 36.7 Å². The molecule has 0 amide bonds. The van der Waals surface area contributed by atoms with Crippen LogP contribution >= 0.6 is 11.8 Å². The van der Waals surface area contributed by atoms with Crippen molar-refractivity contribution in [1.29, 1.82) is 5.26 Å². The number of hydrazone groups is 1. The van der Waals surface area contributed by atoms with Crippen molar-refractivity contribution < 1.29 is 26.3 Å². The molecule has 1 aromatic rings. The van der Waals surface area contributed by atoms with Gasteiger partial charge in [0.15, 0.2) is 0 Å². The van der Waals surface area contributed by atoms with Crippen molar-refractivity contribution in [3.8, 4) is 6.07 Å². The number of halogens is 6. The number of benzene rings is 1. The second-order valence-corrected chi connectivity index (χ2v) is 7.73. The molecule has 0 bridgehead atoms. The number of hydrogen-bond acceptors (Lipinski definition) is 5. The first kappa shape index (κ1) is 23.1. The van der Waals surface area contributed by atoms with E-state index >= 15 is 0 Å². The summed E-state index contributed by atoms with van der Waals surface area (Å²) in [6.07, 6.45) is -9.92. The first-order valence-electron chi connectivity index (χ1n) is 8.63. The highest BCUT2D eigenvalue weighted by Crippen LogP contribution is 2.40. The minimum atomic E-state index is -4.76. The molecule has 2 rings (SSSR count). The van der Waals surface area contributed by atoms with Gasteiger partial charge >= 0.3 is 12.4 Å². The van der Waals surface area contributed by atoms with Crippen LogP contribution in [0.25, 0.3) is 0 Å². The van der Waals surface area contributed by atoms with Crippen LogP contribution in [0.4, 0.5) is 32.0 Å². The molecular formula is C18H18F6N4S. The minimum absolute atomic E-state index is 0.0294. The maximum atomic E-state index is 13.5. The highest BCUT2D eigenvalue weighted by Gasteiger charge is 2.47. The summed E-state index contributed by atoms with van der Waals surface area (Å²) in [7, 11) is 0. The predicted molar refractivity (Wildman–Crippen MR) is 100 cm³/mol. The largest absolute Gasteiger partial charge is 0.431 e. The van der Waals surface area contributed by atoms with E-state index in [4.69, 9.17) is 5.26 Å². The lowest BCUT2D eigenvalue weighted by Gasteiger charge is -2.26. The lowest BCUT2D eigenvalue weighted by Crippen LogP contribution is -2.43. The minimum Gasteiger partial charge on any atom is -0.297 e. The third kappa shape index (κ3) is 4.86. The third-order valence-electron chi connectivity index (χ3n) is 4.31. The molecule has 0 saturated heterocycles. The van der Waals surface area contributed by atoms with Gasteiger partial charge in [0.1, 0.15) is 16.3 Å². The van der Waals surface area contributed by atoms with E-state index in [0.717, 1.165) is 17.8 Å². The molecule has 1 aromatic carbocycles. The van der Waals surface area contributed by atoms with Crippen molar-refractivity contribution in [2.24, 2.45) is 10.1 Å². The molecule has 1 heterocycles. The van der Waals surface area contributed by atoms with E-state index in [2.05, 4.69) is 15.5 Å². The first-order chi connectivity index (χ1) is 13.4. The van der Waals surface area contributed by atoms with Gasteiger partial charge in [0.25, 0.3) is 0 Å². The van der Waals surface area contributed by atoms with Gasteiger partial charge in [-0.05, 0) is 36.8 Å². The molecule has 158 valence electrons. The van der Waals surface area contributed by atoms with Crippen LogP contribution in [0, 0.1) is 11.3 Å². The summed E-state index contributed by atoms with van der Waals surface area (Å²) < 4.78 is 79.6. The molecule has 1 N–H and O–H groups in total. The Balaban J connectivity index is 2.59. The molecule has 1 aliphatic rings. The topological polar surface area (TPSA) is 60.5 Å². The molecule has 11 heteroatoms. The number of alkyl halides is 6. The van der Waals surface area contributed by atoms with Crippen LogP contribution < -0.4 is 5.43 Å². The Bertz CT molecular complexity index is 882. The van der Waals surface area contributed by atoms with E-state index < -0.39 is 41.2 Å². The number of aliphatic imine (C=N–C) groups is 1. The summed E-state index contributed by atoms with van der Waals surface area (Å²) in [5.41, 5.74) is -1.66. The van der Waals surface area contributed by atoms with Crippen LogP contribution in [-0.4, -0.2) is 28.2 Å². The van der Waals surface area contributed by atoms with E-state index in [1.54, 1.807) is 6.92 Å². The lowest BCUT2D eigenvalue weighted by molar-refractivity contribution is -0.138. The Morgan fingerprint density at radius 3 is 2.34 bits per heavy atom. The Labute approximate surface area is 168 Å². The van der Waals surface area contributed by atoms with Gasteiger partial charge in [-0.1, -0.05) is 13.8 Å². The molecule has 1 atom stereocenters. The van der Waals surface area contributed by atoms with Gasteiger partial charge in [-0.3, -0.25) is 5.43 Å². The second-order valence-electron chi connectivity index (χ2n) is 6.48. The summed E-state index contributed by atoms with van der Waals surface area (Å²) in [5.74, 6) is 0.446. The molecule has 0 spiro atoms. The van der Waals surface area contributed by atoms with Crippen molar-refractivity contribution in [3.05, 3.63) is 28.8 Å². The van der Waals surface area contributed by atoms with Crippen LogP contribution in [0.15, 0.2) is 22.2 Å². The SMILES string of the molecule is CCS/C(=N\c1ccc(C#N)c(C(F)(F)F)c1CC)C1(C)CC(C(F)(F)F)=NN1.